The van der Waals surface area contributed by atoms with Crippen LogP contribution in [0.5, 0.6) is 0 Å². The van der Waals surface area contributed by atoms with E-state index in [4.69, 9.17) is 9.47 Å². The number of hydrogen-bond donors (Lipinski definition) is 0. The van der Waals surface area contributed by atoms with Gasteiger partial charge in [-0.15, -0.1) is 0 Å². The van der Waals surface area contributed by atoms with Gasteiger partial charge in [0.25, 0.3) is 0 Å². The molecule has 0 bridgehead atoms. The minimum atomic E-state index is -0.420. The predicted molar refractivity (Wildman–Crippen MR) is 179 cm³/mol. The van der Waals surface area contributed by atoms with Crippen molar-refractivity contribution in [2.24, 2.45) is 11.8 Å². The van der Waals surface area contributed by atoms with Crippen molar-refractivity contribution >= 4 is 11.9 Å². The lowest BCUT2D eigenvalue weighted by Crippen LogP contribution is -3.00. The standard InChI is InChI=1S/C38H60N2O4.2HI/c1-7-39(5,8-2)27-19-13-21-29-43-37(41)35-33(31-23-15-11-16-24-31)36(34(35)32-25-17-12-18-26-32)38(42)44-30-22-14-20-28-40(6,9-3)10-4;;/h11-12,15-18,23-26,33-36H,7-10,13-14,19-22,27-30H2,1-6H3;2*1H/q+2;;/p-2. The molecule has 0 amide bonds. The molecule has 2 aromatic rings. The van der Waals surface area contributed by atoms with E-state index < -0.39 is 11.8 Å². The number of unbranched alkanes of at least 4 members (excludes halogenated alkanes) is 4. The molecule has 0 aromatic heterocycles. The molecule has 260 valence electrons. The van der Waals surface area contributed by atoms with Crippen molar-refractivity contribution in [2.45, 2.75) is 78.1 Å². The van der Waals surface area contributed by atoms with Gasteiger partial charge in [-0.1, -0.05) is 60.7 Å². The summed E-state index contributed by atoms with van der Waals surface area (Å²) in [5, 5.41) is 0. The zero-order chi connectivity index (χ0) is 32.0. The molecule has 0 spiro atoms. The van der Waals surface area contributed by atoms with Gasteiger partial charge in [-0.2, -0.15) is 0 Å². The average Bonchev–Trinajstić information content (AvgIpc) is 3.04. The molecule has 0 unspecified atom stereocenters. The van der Waals surface area contributed by atoms with Crippen molar-refractivity contribution in [2.75, 3.05) is 66.6 Å². The Morgan fingerprint density at radius 2 is 0.870 bits per heavy atom. The van der Waals surface area contributed by atoms with Gasteiger partial charge in [0.15, 0.2) is 0 Å². The van der Waals surface area contributed by atoms with E-state index >= 15 is 0 Å². The Bertz CT molecular complexity index is 1030. The van der Waals surface area contributed by atoms with Crippen LogP contribution in [0, 0.1) is 11.8 Å². The number of carbonyl (C=O) groups is 2. The number of esters is 2. The molecule has 1 aliphatic rings. The van der Waals surface area contributed by atoms with Gasteiger partial charge in [0, 0.05) is 11.8 Å². The lowest BCUT2D eigenvalue weighted by molar-refractivity contribution is -0.906. The van der Waals surface area contributed by atoms with E-state index in [-0.39, 0.29) is 71.7 Å². The molecule has 6 nitrogen and oxygen atoms in total. The number of carbonyl (C=O) groups excluding carboxylic acids is 2. The van der Waals surface area contributed by atoms with Crippen molar-refractivity contribution < 1.29 is 76.0 Å². The van der Waals surface area contributed by atoms with Gasteiger partial charge in [0.05, 0.1) is 78.4 Å². The van der Waals surface area contributed by atoms with Crippen molar-refractivity contribution in [1.82, 2.24) is 0 Å². The number of halogens is 2. The molecular formula is C38H60I2N2O4. The summed E-state index contributed by atoms with van der Waals surface area (Å²) >= 11 is 0. The molecule has 0 N–H and O–H groups in total. The van der Waals surface area contributed by atoms with Crippen LogP contribution >= 0.6 is 0 Å². The average molecular weight is 863 g/mol. The Kier molecular flexibility index (Phi) is 20.2. The van der Waals surface area contributed by atoms with E-state index in [0.29, 0.717) is 13.2 Å². The molecule has 8 heteroatoms. The molecule has 1 saturated carbocycles. The maximum absolute atomic E-state index is 13.7. The highest BCUT2D eigenvalue weighted by Gasteiger charge is 2.59. The van der Waals surface area contributed by atoms with Crippen molar-refractivity contribution in [3.63, 3.8) is 0 Å². The minimum absolute atomic E-state index is 0. The number of hydrogen-bond acceptors (Lipinski definition) is 4. The van der Waals surface area contributed by atoms with Crippen LogP contribution in [-0.2, 0) is 19.1 Å². The maximum Gasteiger partial charge on any atom is 0.310 e. The molecule has 2 aromatic carbocycles. The Morgan fingerprint density at radius 1 is 0.543 bits per heavy atom. The zero-order valence-corrected chi connectivity index (χ0v) is 33.6. The van der Waals surface area contributed by atoms with Crippen LogP contribution in [0.25, 0.3) is 0 Å². The highest BCUT2D eigenvalue weighted by molar-refractivity contribution is 5.85. The van der Waals surface area contributed by atoms with Gasteiger partial charge >= 0.3 is 11.9 Å². The maximum atomic E-state index is 13.7. The minimum Gasteiger partial charge on any atom is -1.00 e. The summed E-state index contributed by atoms with van der Waals surface area (Å²) in [6, 6.07) is 20.0. The predicted octanol–water partition coefficient (Wildman–Crippen LogP) is 1.21. The van der Waals surface area contributed by atoms with Gasteiger partial charge in [-0.25, -0.2) is 0 Å². The molecule has 1 fully saturated rings. The highest BCUT2D eigenvalue weighted by atomic mass is 127. The van der Waals surface area contributed by atoms with E-state index in [1.165, 1.54) is 0 Å². The quantitative estimate of drug-likeness (QED) is 0.0871. The topological polar surface area (TPSA) is 52.6 Å². The number of ether oxygens (including phenoxy) is 2. The summed E-state index contributed by atoms with van der Waals surface area (Å²) in [6.45, 7) is 16.7. The number of nitrogens with zero attached hydrogens (tertiary/aromatic N) is 2. The Morgan fingerprint density at radius 3 is 1.17 bits per heavy atom. The van der Waals surface area contributed by atoms with E-state index in [1.54, 1.807) is 0 Å². The first-order chi connectivity index (χ1) is 21.2. The van der Waals surface area contributed by atoms with Gasteiger partial charge < -0.3 is 66.4 Å². The lowest BCUT2D eigenvalue weighted by atomic mass is 9.52. The van der Waals surface area contributed by atoms with E-state index in [0.717, 1.165) is 97.9 Å². The molecule has 0 heterocycles. The van der Waals surface area contributed by atoms with Crippen LogP contribution in [0.15, 0.2) is 60.7 Å². The van der Waals surface area contributed by atoms with E-state index in [9.17, 15) is 9.59 Å². The molecule has 1 aliphatic carbocycles. The Labute approximate surface area is 314 Å². The smallest absolute Gasteiger partial charge is 0.310 e. The second-order valence-corrected chi connectivity index (χ2v) is 13.3. The summed E-state index contributed by atoms with van der Waals surface area (Å²) in [7, 11) is 4.61. The molecule has 0 radical (unpaired) electrons. The summed E-state index contributed by atoms with van der Waals surface area (Å²) < 4.78 is 14.0. The lowest BCUT2D eigenvalue weighted by Gasteiger charge is -2.49. The third kappa shape index (κ3) is 12.0. The monoisotopic (exact) mass is 862 g/mol. The van der Waals surface area contributed by atoms with E-state index in [1.807, 2.05) is 60.7 Å². The van der Waals surface area contributed by atoms with Crippen LogP contribution < -0.4 is 48.0 Å². The van der Waals surface area contributed by atoms with Gasteiger partial charge in [0.2, 0.25) is 0 Å². The second kappa shape index (κ2) is 21.7. The van der Waals surface area contributed by atoms with E-state index in [2.05, 4.69) is 41.8 Å². The van der Waals surface area contributed by atoms with Gasteiger partial charge in [0.1, 0.15) is 0 Å². The molecule has 0 aliphatic heterocycles. The Hall–Kier alpha value is -1.24. The summed E-state index contributed by atoms with van der Waals surface area (Å²) in [5.41, 5.74) is 1.99. The second-order valence-electron chi connectivity index (χ2n) is 13.3. The van der Waals surface area contributed by atoms with Crippen molar-refractivity contribution in [1.29, 1.82) is 0 Å². The third-order valence-corrected chi connectivity index (χ3v) is 10.7. The zero-order valence-electron chi connectivity index (χ0n) is 29.3. The molecule has 3 rings (SSSR count). The first-order valence-electron chi connectivity index (χ1n) is 17.3. The largest absolute Gasteiger partial charge is 1.00 e. The van der Waals surface area contributed by atoms with Crippen LogP contribution in [0.1, 0.15) is 89.2 Å². The highest BCUT2D eigenvalue weighted by Crippen LogP contribution is 2.58. The van der Waals surface area contributed by atoms with Crippen LogP contribution in [0.4, 0.5) is 0 Å². The first-order valence-corrected chi connectivity index (χ1v) is 17.3. The molecular weight excluding hydrogens is 802 g/mol. The molecule has 46 heavy (non-hydrogen) atoms. The summed E-state index contributed by atoms with van der Waals surface area (Å²) in [5.74, 6) is -1.77. The number of benzene rings is 2. The van der Waals surface area contributed by atoms with Gasteiger partial charge in [-0.05, 0) is 77.3 Å². The van der Waals surface area contributed by atoms with Crippen molar-refractivity contribution in [3.05, 3.63) is 71.8 Å². The SMILES string of the molecule is CC[N+](C)(CC)CCCCCOC(=O)C1C(c2ccccc2)C(C(=O)OCCCCC[N+](C)(CC)CC)C1c1ccccc1.[I-].[I-]. The Balaban J connectivity index is 0.00000529. The van der Waals surface area contributed by atoms with Crippen molar-refractivity contribution in [3.8, 4) is 0 Å². The third-order valence-electron chi connectivity index (χ3n) is 10.7. The normalized spacial score (nSPS) is 19.3. The van der Waals surface area contributed by atoms with Crippen LogP contribution in [0.2, 0.25) is 0 Å². The summed E-state index contributed by atoms with van der Waals surface area (Å²) in [6.07, 6.45) is 6.06. The first kappa shape index (κ1) is 42.8. The number of rotatable bonds is 20. The fraction of sp³-hybridized carbons (Fsp3) is 0.632. The summed E-state index contributed by atoms with van der Waals surface area (Å²) in [4.78, 5) is 27.5. The molecule has 0 saturated heterocycles. The fourth-order valence-electron chi connectivity index (χ4n) is 6.68. The van der Waals surface area contributed by atoms with Gasteiger partial charge in [-0.3, -0.25) is 9.59 Å². The number of quaternary nitrogens is 2. The van der Waals surface area contributed by atoms with Crippen LogP contribution in [0.3, 0.4) is 0 Å². The van der Waals surface area contributed by atoms with Crippen LogP contribution in [-0.4, -0.2) is 87.5 Å². The molecule has 0 atom stereocenters. The fourth-order valence-corrected chi connectivity index (χ4v) is 6.68.